The standard InChI is InChI=1S/C27H24Cl2N2O4/c28-20-11-12-22(23(29)15-20)26-30-24(16-31(26)17-25-32-13-14-33-25)27(35-21-9-5-2-6-10-21)34-18-19-7-3-1-4-8-19/h1-12,15-16,25,27H,13-14,17-18H2. The fourth-order valence-electron chi connectivity index (χ4n) is 3.80. The Balaban J connectivity index is 1.50. The first-order valence-corrected chi connectivity index (χ1v) is 12.0. The number of ether oxygens (including phenoxy) is 4. The minimum atomic E-state index is -0.755. The molecule has 4 aromatic rings. The Hall–Kier alpha value is -2.87. The average Bonchev–Trinajstić information content (AvgIpc) is 3.54. The van der Waals surface area contributed by atoms with Gasteiger partial charge in [-0.25, -0.2) is 4.98 Å². The van der Waals surface area contributed by atoms with E-state index in [1.54, 1.807) is 12.1 Å². The third-order valence-electron chi connectivity index (χ3n) is 5.48. The maximum absolute atomic E-state index is 6.55. The summed E-state index contributed by atoms with van der Waals surface area (Å²) in [5.74, 6) is 1.32. The molecular formula is C27H24Cl2N2O4. The van der Waals surface area contributed by atoms with Crippen molar-refractivity contribution >= 4 is 23.2 Å². The van der Waals surface area contributed by atoms with Gasteiger partial charge < -0.3 is 23.5 Å². The highest BCUT2D eigenvalue weighted by atomic mass is 35.5. The molecule has 1 aliphatic heterocycles. The molecule has 0 radical (unpaired) electrons. The monoisotopic (exact) mass is 510 g/mol. The molecule has 1 atom stereocenters. The Morgan fingerprint density at radius 3 is 2.37 bits per heavy atom. The number of para-hydroxylation sites is 1. The number of benzene rings is 3. The van der Waals surface area contributed by atoms with E-state index in [0.29, 0.717) is 53.7 Å². The van der Waals surface area contributed by atoms with E-state index < -0.39 is 6.29 Å². The lowest BCUT2D eigenvalue weighted by molar-refractivity contribution is -0.0954. The van der Waals surface area contributed by atoms with Crippen molar-refractivity contribution in [1.29, 1.82) is 0 Å². The van der Waals surface area contributed by atoms with Gasteiger partial charge in [0, 0.05) is 16.8 Å². The van der Waals surface area contributed by atoms with Crippen LogP contribution in [0.25, 0.3) is 11.4 Å². The first-order valence-electron chi connectivity index (χ1n) is 11.3. The molecule has 3 aromatic carbocycles. The summed E-state index contributed by atoms with van der Waals surface area (Å²) in [6.45, 7) is 1.92. The van der Waals surface area contributed by atoms with Crippen LogP contribution in [-0.2, 0) is 27.4 Å². The number of rotatable bonds is 9. The molecule has 0 amide bonds. The summed E-state index contributed by atoms with van der Waals surface area (Å²) in [6.07, 6.45) is 0.763. The van der Waals surface area contributed by atoms with E-state index in [-0.39, 0.29) is 6.29 Å². The van der Waals surface area contributed by atoms with E-state index in [4.69, 9.17) is 47.1 Å². The molecule has 6 nitrogen and oxygen atoms in total. The van der Waals surface area contributed by atoms with Crippen molar-refractivity contribution in [3.05, 3.63) is 106 Å². The van der Waals surface area contributed by atoms with Gasteiger partial charge in [-0.15, -0.1) is 0 Å². The van der Waals surface area contributed by atoms with Crippen molar-refractivity contribution in [3.63, 3.8) is 0 Å². The Labute approximate surface area is 213 Å². The number of nitrogens with zero attached hydrogens (tertiary/aromatic N) is 2. The number of halogens is 2. The first kappa shape index (κ1) is 23.9. The van der Waals surface area contributed by atoms with E-state index in [0.717, 1.165) is 11.1 Å². The third kappa shape index (κ3) is 6.04. The lowest BCUT2D eigenvalue weighted by atomic mass is 10.2. The molecule has 0 aliphatic carbocycles. The van der Waals surface area contributed by atoms with Gasteiger partial charge in [0.25, 0.3) is 0 Å². The van der Waals surface area contributed by atoms with Crippen LogP contribution in [0.3, 0.4) is 0 Å². The first-order chi connectivity index (χ1) is 17.2. The minimum absolute atomic E-state index is 0.358. The van der Waals surface area contributed by atoms with E-state index in [1.807, 2.05) is 77.5 Å². The highest BCUT2D eigenvalue weighted by Gasteiger charge is 2.25. The van der Waals surface area contributed by atoms with Crippen molar-refractivity contribution in [1.82, 2.24) is 9.55 Å². The number of hydrogen-bond acceptors (Lipinski definition) is 5. The summed E-state index contributed by atoms with van der Waals surface area (Å²) >= 11 is 12.7. The zero-order valence-electron chi connectivity index (χ0n) is 18.8. The van der Waals surface area contributed by atoms with Crippen molar-refractivity contribution < 1.29 is 18.9 Å². The Bertz CT molecular complexity index is 1240. The fraction of sp³-hybridized carbons (Fsp3) is 0.222. The second kappa shape index (κ2) is 11.2. The molecule has 0 bridgehead atoms. The Morgan fingerprint density at radius 2 is 1.66 bits per heavy atom. The van der Waals surface area contributed by atoms with Gasteiger partial charge in [-0.3, -0.25) is 0 Å². The van der Waals surface area contributed by atoms with Crippen LogP contribution in [-0.4, -0.2) is 29.1 Å². The lowest BCUT2D eigenvalue weighted by Gasteiger charge is -2.18. The zero-order valence-corrected chi connectivity index (χ0v) is 20.4. The van der Waals surface area contributed by atoms with E-state index in [2.05, 4.69) is 0 Å². The highest BCUT2D eigenvalue weighted by molar-refractivity contribution is 6.36. The van der Waals surface area contributed by atoms with E-state index >= 15 is 0 Å². The van der Waals surface area contributed by atoms with E-state index in [9.17, 15) is 0 Å². The smallest absolute Gasteiger partial charge is 0.245 e. The predicted molar refractivity (Wildman–Crippen MR) is 134 cm³/mol. The largest absolute Gasteiger partial charge is 0.459 e. The topological polar surface area (TPSA) is 54.7 Å². The molecule has 5 rings (SSSR count). The van der Waals surface area contributed by atoms with Crippen LogP contribution < -0.4 is 4.74 Å². The molecule has 0 N–H and O–H groups in total. The minimum Gasteiger partial charge on any atom is -0.459 e. The molecule has 180 valence electrons. The second-order valence-corrected chi connectivity index (χ2v) is 8.84. The average molecular weight is 511 g/mol. The normalized spacial score (nSPS) is 14.8. The quantitative estimate of drug-likeness (QED) is 0.240. The summed E-state index contributed by atoms with van der Waals surface area (Å²) in [6, 6.07) is 24.8. The number of hydrogen-bond donors (Lipinski definition) is 0. The van der Waals surface area contributed by atoms with Gasteiger partial charge in [0.2, 0.25) is 6.29 Å². The maximum Gasteiger partial charge on any atom is 0.245 e. The van der Waals surface area contributed by atoms with Gasteiger partial charge in [0.05, 0.1) is 31.4 Å². The zero-order chi connectivity index (χ0) is 24.0. The van der Waals surface area contributed by atoms with Gasteiger partial charge in [-0.05, 0) is 35.9 Å². The van der Waals surface area contributed by atoms with Crippen LogP contribution >= 0.6 is 23.2 Å². The summed E-state index contributed by atoms with van der Waals surface area (Å²) in [5, 5.41) is 1.05. The molecule has 0 saturated carbocycles. The van der Waals surface area contributed by atoms with Gasteiger partial charge in [-0.2, -0.15) is 0 Å². The molecule has 0 spiro atoms. The molecule has 2 heterocycles. The van der Waals surface area contributed by atoms with Crippen LogP contribution in [0.1, 0.15) is 17.5 Å². The fourth-order valence-corrected chi connectivity index (χ4v) is 4.29. The van der Waals surface area contributed by atoms with Crippen LogP contribution in [0.5, 0.6) is 5.75 Å². The van der Waals surface area contributed by atoms with Crippen molar-refractivity contribution in [2.24, 2.45) is 0 Å². The summed E-state index contributed by atoms with van der Waals surface area (Å²) in [7, 11) is 0. The molecule has 1 fully saturated rings. The third-order valence-corrected chi connectivity index (χ3v) is 6.02. The van der Waals surface area contributed by atoms with Gasteiger partial charge in [0.15, 0.2) is 6.29 Å². The summed E-state index contributed by atoms with van der Waals surface area (Å²) in [5.41, 5.74) is 2.37. The van der Waals surface area contributed by atoms with Crippen LogP contribution in [0, 0.1) is 0 Å². The van der Waals surface area contributed by atoms with E-state index in [1.165, 1.54) is 0 Å². The molecule has 8 heteroatoms. The SMILES string of the molecule is Clc1ccc(-c2nc(C(OCc3ccccc3)Oc3ccccc3)cn2CC2OCCO2)c(Cl)c1. The molecular weight excluding hydrogens is 487 g/mol. The Morgan fingerprint density at radius 1 is 0.943 bits per heavy atom. The number of aromatic nitrogens is 2. The van der Waals surface area contributed by atoms with Gasteiger partial charge in [0.1, 0.15) is 17.3 Å². The molecule has 1 saturated heterocycles. The summed E-state index contributed by atoms with van der Waals surface area (Å²) < 4.78 is 25.8. The van der Waals surface area contributed by atoms with Gasteiger partial charge in [-0.1, -0.05) is 71.7 Å². The highest BCUT2D eigenvalue weighted by Crippen LogP contribution is 2.33. The van der Waals surface area contributed by atoms with Crippen molar-refractivity contribution in [2.75, 3.05) is 13.2 Å². The summed E-state index contributed by atoms with van der Waals surface area (Å²) in [4.78, 5) is 4.90. The molecule has 35 heavy (non-hydrogen) atoms. The van der Waals surface area contributed by atoms with Crippen molar-refractivity contribution in [3.8, 4) is 17.1 Å². The van der Waals surface area contributed by atoms with Gasteiger partial charge >= 0.3 is 0 Å². The van der Waals surface area contributed by atoms with Crippen LogP contribution in [0.15, 0.2) is 85.1 Å². The van der Waals surface area contributed by atoms with Crippen LogP contribution in [0.2, 0.25) is 10.0 Å². The molecule has 1 unspecified atom stereocenters. The second-order valence-electron chi connectivity index (χ2n) is 8.00. The lowest BCUT2D eigenvalue weighted by Crippen LogP contribution is -2.17. The van der Waals surface area contributed by atoms with Crippen LogP contribution in [0.4, 0.5) is 0 Å². The maximum atomic E-state index is 6.55. The number of imidazole rings is 1. The predicted octanol–water partition coefficient (Wildman–Crippen LogP) is 6.52. The van der Waals surface area contributed by atoms with Crippen molar-refractivity contribution in [2.45, 2.75) is 25.7 Å². The Kier molecular flexibility index (Phi) is 7.66. The molecule has 1 aromatic heterocycles. The molecule has 1 aliphatic rings.